The Morgan fingerprint density at radius 1 is 1.08 bits per heavy atom. The molecule has 3 heterocycles. The van der Waals surface area contributed by atoms with Crippen LogP contribution in [0.15, 0.2) is 53.2 Å². The molecule has 0 fully saturated rings. The van der Waals surface area contributed by atoms with Gasteiger partial charge in [0.2, 0.25) is 11.7 Å². The number of fused-ring (bicyclic) bond motifs is 2. The molecule has 2 aliphatic heterocycles. The second-order valence-corrected chi connectivity index (χ2v) is 5.06. The number of carbonyl (C=O) groups is 1. The van der Waals surface area contributed by atoms with Crippen LogP contribution in [-0.2, 0) is 0 Å². The Morgan fingerprint density at radius 3 is 2.62 bits per heavy atom. The molecule has 0 bridgehead atoms. The molecule has 0 N–H and O–H groups in total. The number of pyridine rings is 1. The summed E-state index contributed by atoms with van der Waals surface area (Å²) in [6.07, 6.45) is 3.02. The third kappa shape index (κ3) is 2.17. The molecule has 8 heteroatoms. The number of hydrogen-bond acceptors (Lipinski definition) is 7. The molecule has 0 atom stereocenters. The second-order valence-electron chi connectivity index (χ2n) is 5.06. The van der Waals surface area contributed by atoms with Gasteiger partial charge in [-0.1, -0.05) is 0 Å². The van der Waals surface area contributed by atoms with E-state index in [-0.39, 0.29) is 23.1 Å². The van der Waals surface area contributed by atoms with E-state index >= 15 is 0 Å². The standard InChI is InChI=1S/C16H8N4O4/c21-15(9-3-5-17-6-4-9)14-12-8-10-7-11(20(22)23)1-2-13(10)24-16(12)19-18-14/h1-8H. The van der Waals surface area contributed by atoms with Crippen molar-refractivity contribution in [1.82, 2.24) is 15.2 Å². The van der Waals surface area contributed by atoms with E-state index in [1.165, 1.54) is 30.6 Å². The van der Waals surface area contributed by atoms with Crippen LogP contribution >= 0.6 is 0 Å². The average Bonchev–Trinajstić information content (AvgIpc) is 3.02. The molecule has 1 aromatic carbocycles. The number of carbonyl (C=O) groups excluding carboxylic acids is 1. The first-order valence-corrected chi connectivity index (χ1v) is 6.92. The topological polar surface area (TPSA) is 112 Å². The number of non-ortho nitro benzene ring substituents is 1. The summed E-state index contributed by atoms with van der Waals surface area (Å²) in [4.78, 5) is 26.8. The van der Waals surface area contributed by atoms with Gasteiger partial charge in [-0.25, -0.2) is 0 Å². The molecular weight excluding hydrogens is 312 g/mol. The Kier molecular flexibility index (Phi) is 3.02. The van der Waals surface area contributed by atoms with Gasteiger partial charge in [0.05, 0.1) is 10.5 Å². The number of nitro groups is 1. The van der Waals surface area contributed by atoms with Crippen LogP contribution in [0.5, 0.6) is 0 Å². The third-order valence-corrected chi connectivity index (χ3v) is 3.59. The predicted octanol–water partition coefficient (Wildman–Crippen LogP) is 2.86. The molecule has 116 valence electrons. The van der Waals surface area contributed by atoms with Gasteiger partial charge < -0.3 is 4.42 Å². The monoisotopic (exact) mass is 320 g/mol. The van der Waals surface area contributed by atoms with Crippen molar-refractivity contribution in [2.75, 3.05) is 0 Å². The number of hydrogen-bond donors (Lipinski definition) is 0. The van der Waals surface area contributed by atoms with E-state index in [0.29, 0.717) is 22.1 Å². The molecule has 4 rings (SSSR count). The lowest BCUT2D eigenvalue weighted by atomic mass is 10.0. The molecule has 2 aliphatic rings. The smallest absolute Gasteiger partial charge is 0.270 e. The van der Waals surface area contributed by atoms with Crippen molar-refractivity contribution in [3.8, 4) is 11.5 Å². The minimum absolute atomic E-state index is 0.0634. The normalized spacial score (nSPS) is 11.0. The van der Waals surface area contributed by atoms with Gasteiger partial charge in [-0.2, -0.15) is 0 Å². The average molecular weight is 320 g/mol. The van der Waals surface area contributed by atoms with E-state index in [1.807, 2.05) is 0 Å². The summed E-state index contributed by atoms with van der Waals surface area (Å²) in [6, 6.07) is 8.99. The summed E-state index contributed by atoms with van der Waals surface area (Å²) in [7, 11) is 0. The molecule has 0 spiro atoms. The van der Waals surface area contributed by atoms with E-state index in [1.54, 1.807) is 18.2 Å². The summed E-state index contributed by atoms with van der Waals surface area (Å²) >= 11 is 0. The lowest BCUT2D eigenvalue weighted by Crippen LogP contribution is -2.03. The van der Waals surface area contributed by atoms with Crippen LogP contribution in [0, 0.1) is 10.1 Å². The van der Waals surface area contributed by atoms with Crippen LogP contribution in [-0.4, -0.2) is 25.9 Å². The minimum Gasteiger partial charge on any atom is -0.436 e. The number of benzene rings is 1. The minimum atomic E-state index is -0.492. The highest BCUT2D eigenvalue weighted by molar-refractivity contribution is 6.11. The van der Waals surface area contributed by atoms with Crippen LogP contribution < -0.4 is 0 Å². The molecule has 0 amide bonds. The van der Waals surface area contributed by atoms with Gasteiger partial charge >= 0.3 is 0 Å². The molecule has 8 nitrogen and oxygen atoms in total. The van der Waals surface area contributed by atoms with Gasteiger partial charge in [0.15, 0.2) is 0 Å². The maximum absolute atomic E-state index is 12.6. The first kappa shape index (κ1) is 13.9. The van der Waals surface area contributed by atoms with Crippen LogP contribution in [0.3, 0.4) is 0 Å². The summed E-state index contributed by atoms with van der Waals surface area (Å²) < 4.78 is 5.59. The van der Waals surface area contributed by atoms with Crippen molar-refractivity contribution >= 4 is 22.4 Å². The van der Waals surface area contributed by atoms with E-state index in [9.17, 15) is 14.9 Å². The molecule has 0 saturated heterocycles. The van der Waals surface area contributed by atoms with Gasteiger partial charge in [0.1, 0.15) is 11.3 Å². The van der Waals surface area contributed by atoms with Gasteiger partial charge in [0, 0.05) is 35.5 Å². The highest BCUT2D eigenvalue weighted by Gasteiger charge is 2.24. The molecule has 0 unspecified atom stereocenters. The molecule has 0 aliphatic carbocycles. The molecule has 0 radical (unpaired) electrons. The molecule has 1 aromatic heterocycles. The van der Waals surface area contributed by atoms with Gasteiger partial charge in [-0.15, -0.1) is 10.2 Å². The van der Waals surface area contributed by atoms with Crippen molar-refractivity contribution < 1.29 is 14.1 Å². The zero-order valence-corrected chi connectivity index (χ0v) is 12.0. The number of nitrogens with zero attached hydrogens (tertiary/aromatic N) is 4. The van der Waals surface area contributed by atoms with Crippen molar-refractivity contribution in [3.05, 3.63) is 70.2 Å². The summed E-state index contributed by atoms with van der Waals surface area (Å²) in [5, 5.41) is 19.2. The van der Waals surface area contributed by atoms with Gasteiger partial charge in [-0.05, 0) is 24.3 Å². The third-order valence-electron chi connectivity index (χ3n) is 3.59. The second kappa shape index (κ2) is 5.20. The Balaban J connectivity index is 1.89. The van der Waals surface area contributed by atoms with Crippen LogP contribution in [0.4, 0.5) is 5.69 Å². The van der Waals surface area contributed by atoms with Crippen molar-refractivity contribution in [3.63, 3.8) is 0 Å². The van der Waals surface area contributed by atoms with E-state index in [2.05, 4.69) is 15.2 Å². The lowest BCUT2D eigenvalue weighted by molar-refractivity contribution is -0.384. The fraction of sp³-hybridized carbons (Fsp3) is 0. The lowest BCUT2D eigenvalue weighted by Gasteiger charge is -2.03. The highest BCUT2D eigenvalue weighted by Crippen LogP contribution is 2.31. The van der Waals surface area contributed by atoms with Crippen LogP contribution in [0.2, 0.25) is 0 Å². The Bertz CT molecular complexity index is 1060. The summed E-state index contributed by atoms with van der Waals surface area (Å²) in [5.41, 5.74) is 1.33. The Morgan fingerprint density at radius 2 is 1.88 bits per heavy atom. The molecule has 0 saturated carbocycles. The fourth-order valence-electron chi connectivity index (χ4n) is 2.43. The number of nitro benzene ring substituents is 1. The zero-order valence-electron chi connectivity index (χ0n) is 12.0. The van der Waals surface area contributed by atoms with E-state index in [4.69, 9.17) is 4.42 Å². The molecule has 2 aromatic rings. The molecular formula is C16H8N4O4. The number of aromatic nitrogens is 3. The first-order valence-electron chi connectivity index (χ1n) is 6.92. The SMILES string of the molecule is O=C(c1ccncc1)c1nnc2oc3ccc([N+](=O)[O-])cc3cc1-2. The van der Waals surface area contributed by atoms with Crippen LogP contribution in [0.1, 0.15) is 16.1 Å². The van der Waals surface area contributed by atoms with Gasteiger partial charge in [0.25, 0.3) is 5.69 Å². The van der Waals surface area contributed by atoms with Gasteiger partial charge in [-0.3, -0.25) is 19.9 Å². The Labute approximate surface area is 134 Å². The Hall–Kier alpha value is -3.68. The zero-order chi connectivity index (χ0) is 16.7. The number of ketones is 1. The fourth-order valence-corrected chi connectivity index (χ4v) is 2.43. The quantitative estimate of drug-likeness (QED) is 0.324. The van der Waals surface area contributed by atoms with Crippen molar-refractivity contribution in [2.24, 2.45) is 0 Å². The maximum Gasteiger partial charge on any atom is 0.270 e. The molecule has 24 heavy (non-hydrogen) atoms. The summed E-state index contributed by atoms with van der Waals surface area (Å²) in [6.45, 7) is 0. The maximum atomic E-state index is 12.6. The van der Waals surface area contributed by atoms with E-state index in [0.717, 1.165) is 0 Å². The first-order chi connectivity index (χ1) is 11.6. The summed E-state index contributed by atoms with van der Waals surface area (Å²) in [5.74, 6) is -0.117. The van der Waals surface area contributed by atoms with E-state index < -0.39 is 4.92 Å². The van der Waals surface area contributed by atoms with Crippen molar-refractivity contribution in [2.45, 2.75) is 0 Å². The largest absolute Gasteiger partial charge is 0.436 e. The van der Waals surface area contributed by atoms with Crippen LogP contribution in [0.25, 0.3) is 22.4 Å². The predicted molar refractivity (Wildman–Crippen MR) is 82.7 cm³/mol. The highest BCUT2D eigenvalue weighted by atomic mass is 16.6. The van der Waals surface area contributed by atoms with Crippen molar-refractivity contribution in [1.29, 1.82) is 0 Å². The number of rotatable bonds is 3.